The van der Waals surface area contributed by atoms with Crippen LogP contribution in [-0.4, -0.2) is 28.2 Å². The van der Waals surface area contributed by atoms with Gasteiger partial charge in [0.15, 0.2) is 0 Å². The lowest BCUT2D eigenvalue weighted by molar-refractivity contribution is -0.137. The molecular weight excluding hydrogens is 409 g/mol. The van der Waals surface area contributed by atoms with Crippen LogP contribution < -0.4 is 10.1 Å². The van der Waals surface area contributed by atoms with Crippen LogP contribution in [0.5, 0.6) is 5.88 Å². The number of rotatable bonds is 4. The van der Waals surface area contributed by atoms with Gasteiger partial charge in [0.25, 0.3) is 5.91 Å². The van der Waals surface area contributed by atoms with Crippen LogP contribution in [0.2, 0.25) is 0 Å². The number of anilines is 1. The lowest BCUT2D eigenvalue weighted by Gasteiger charge is -2.12. The number of halogens is 3. The van der Waals surface area contributed by atoms with Gasteiger partial charge in [-0.15, -0.1) is 0 Å². The van der Waals surface area contributed by atoms with Crippen LogP contribution in [0.3, 0.4) is 0 Å². The number of amides is 1. The molecule has 158 valence electrons. The van der Waals surface area contributed by atoms with Gasteiger partial charge in [-0.2, -0.15) is 18.3 Å². The number of nitrogens with one attached hydrogen (secondary N) is 2. The zero-order valence-electron chi connectivity index (χ0n) is 16.5. The fraction of sp³-hybridized carbons (Fsp3) is 0.136. The molecule has 0 radical (unpaired) electrons. The predicted octanol–water partition coefficient (Wildman–Crippen LogP) is 5.21. The van der Waals surface area contributed by atoms with E-state index >= 15 is 0 Å². The molecule has 1 amide bonds. The topological polar surface area (TPSA) is 79.9 Å². The van der Waals surface area contributed by atoms with Crippen LogP contribution in [0.1, 0.15) is 21.5 Å². The quantitative estimate of drug-likeness (QED) is 0.469. The number of pyridine rings is 1. The van der Waals surface area contributed by atoms with Crippen LogP contribution in [-0.2, 0) is 6.18 Å². The van der Waals surface area contributed by atoms with Gasteiger partial charge in [-0.1, -0.05) is 12.1 Å². The number of methoxy groups -OCH3 is 1. The molecule has 0 aliphatic heterocycles. The average Bonchev–Trinajstić information content (AvgIpc) is 3.22. The molecule has 0 aliphatic carbocycles. The molecule has 0 unspecified atom stereocenters. The monoisotopic (exact) mass is 426 g/mol. The van der Waals surface area contributed by atoms with Crippen molar-refractivity contribution in [1.29, 1.82) is 0 Å². The molecule has 31 heavy (non-hydrogen) atoms. The third-order valence-electron chi connectivity index (χ3n) is 4.81. The molecular formula is C22H17F3N4O2. The van der Waals surface area contributed by atoms with Gasteiger partial charge < -0.3 is 10.1 Å². The summed E-state index contributed by atoms with van der Waals surface area (Å²) < 4.78 is 44.1. The van der Waals surface area contributed by atoms with Gasteiger partial charge in [-0.3, -0.25) is 9.89 Å². The number of H-pyrrole nitrogens is 1. The third-order valence-corrected chi connectivity index (χ3v) is 4.81. The molecule has 0 aliphatic rings. The second kappa shape index (κ2) is 7.75. The first kappa shape index (κ1) is 20.4. The molecule has 2 N–H and O–H groups in total. The van der Waals surface area contributed by atoms with Gasteiger partial charge >= 0.3 is 6.18 Å². The first-order chi connectivity index (χ1) is 14.8. The van der Waals surface area contributed by atoms with Crippen LogP contribution in [0, 0.1) is 6.92 Å². The van der Waals surface area contributed by atoms with Crippen molar-refractivity contribution in [2.75, 3.05) is 12.4 Å². The summed E-state index contributed by atoms with van der Waals surface area (Å²) in [5.74, 6) is -0.264. The van der Waals surface area contributed by atoms with E-state index in [2.05, 4.69) is 20.5 Å². The van der Waals surface area contributed by atoms with Crippen LogP contribution >= 0.6 is 0 Å². The van der Waals surface area contributed by atoms with Crippen molar-refractivity contribution < 1.29 is 22.7 Å². The number of aromatic amines is 1. The number of carbonyl (C=O) groups is 1. The summed E-state index contributed by atoms with van der Waals surface area (Å²) in [4.78, 5) is 17.0. The van der Waals surface area contributed by atoms with Crippen LogP contribution in [0.25, 0.3) is 22.2 Å². The highest BCUT2D eigenvalue weighted by Gasteiger charge is 2.30. The maximum absolute atomic E-state index is 12.9. The third kappa shape index (κ3) is 4.07. The van der Waals surface area contributed by atoms with Crippen molar-refractivity contribution in [3.63, 3.8) is 0 Å². The highest BCUT2D eigenvalue weighted by atomic mass is 19.4. The number of hydrogen-bond acceptors (Lipinski definition) is 4. The van der Waals surface area contributed by atoms with Gasteiger partial charge in [0.1, 0.15) is 5.52 Å². The van der Waals surface area contributed by atoms with E-state index in [-0.39, 0.29) is 5.56 Å². The Kier molecular flexibility index (Phi) is 5.10. The number of aryl methyl sites for hydroxylation is 1. The van der Waals surface area contributed by atoms with Crippen molar-refractivity contribution >= 4 is 22.5 Å². The summed E-state index contributed by atoms with van der Waals surface area (Å²) in [6.07, 6.45) is -2.87. The van der Waals surface area contributed by atoms with E-state index in [0.29, 0.717) is 22.8 Å². The van der Waals surface area contributed by atoms with Crippen molar-refractivity contribution in [2.24, 2.45) is 0 Å². The van der Waals surface area contributed by atoms with E-state index in [1.165, 1.54) is 19.2 Å². The largest absolute Gasteiger partial charge is 0.479 e. The molecule has 4 rings (SSSR count). The van der Waals surface area contributed by atoms with E-state index in [1.807, 2.05) is 13.0 Å². The molecule has 0 spiro atoms. The number of hydrogen-bond donors (Lipinski definition) is 2. The number of alkyl halides is 3. The normalized spacial score (nSPS) is 11.5. The number of fused-ring (bicyclic) bond motifs is 1. The number of nitrogens with zero attached hydrogens (tertiary/aromatic N) is 2. The molecule has 0 saturated heterocycles. The molecule has 0 atom stereocenters. The summed E-state index contributed by atoms with van der Waals surface area (Å²) in [6, 6.07) is 11.3. The van der Waals surface area contributed by atoms with E-state index < -0.39 is 17.6 Å². The average molecular weight is 426 g/mol. The van der Waals surface area contributed by atoms with E-state index in [1.54, 1.807) is 24.4 Å². The van der Waals surface area contributed by atoms with Gasteiger partial charge in [-0.25, -0.2) is 4.98 Å². The Hall–Kier alpha value is -3.88. The summed E-state index contributed by atoms with van der Waals surface area (Å²) in [7, 11) is 1.50. The zero-order chi connectivity index (χ0) is 22.2. The smallest absolute Gasteiger partial charge is 0.416 e. The molecule has 0 fully saturated rings. The Morgan fingerprint density at radius 2 is 1.94 bits per heavy atom. The molecule has 2 aromatic carbocycles. The Bertz CT molecular complexity index is 1280. The molecule has 2 aromatic heterocycles. The summed E-state index contributed by atoms with van der Waals surface area (Å²) >= 11 is 0. The lowest BCUT2D eigenvalue weighted by atomic mass is 10.0. The van der Waals surface area contributed by atoms with Crippen molar-refractivity contribution in [1.82, 2.24) is 15.2 Å². The summed E-state index contributed by atoms with van der Waals surface area (Å²) in [6.45, 7) is 1.89. The Morgan fingerprint density at radius 3 is 2.68 bits per heavy atom. The fourth-order valence-corrected chi connectivity index (χ4v) is 3.22. The maximum Gasteiger partial charge on any atom is 0.416 e. The minimum absolute atomic E-state index is 0.0865. The minimum atomic E-state index is -4.52. The van der Waals surface area contributed by atoms with Gasteiger partial charge in [0.05, 0.1) is 24.6 Å². The van der Waals surface area contributed by atoms with Crippen LogP contribution in [0.15, 0.2) is 54.7 Å². The zero-order valence-corrected chi connectivity index (χ0v) is 16.5. The second-order valence-electron chi connectivity index (χ2n) is 6.91. The first-order valence-electron chi connectivity index (χ1n) is 9.24. The molecule has 0 saturated carbocycles. The molecule has 6 nitrogen and oxygen atoms in total. The highest BCUT2D eigenvalue weighted by molar-refractivity contribution is 6.04. The number of carbonyl (C=O) groups excluding carboxylic acids is 1. The van der Waals surface area contributed by atoms with Crippen molar-refractivity contribution in [2.45, 2.75) is 13.1 Å². The van der Waals surface area contributed by atoms with Gasteiger partial charge in [0, 0.05) is 22.2 Å². The number of benzene rings is 2. The molecule has 2 heterocycles. The van der Waals surface area contributed by atoms with E-state index in [4.69, 9.17) is 4.74 Å². The summed E-state index contributed by atoms with van der Waals surface area (Å²) in [5, 5.41) is 10.3. The van der Waals surface area contributed by atoms with E-state index in [9.17, 15) is 18.0 Å². The standard InChI is InChI=1S/C22H17F3N4O2/c1-12-6-7-16(27-20(30)13-4-3-5-15(8-13)22(23,24)25)10-17(12)18-9-14-11-26-29-19(14)21(28-18)31-2/h3-11H,1-2H3,(H,26,29)(H,27,30). The second-order valence-corrected chi connectivity index (χ2v) is 6.91. The minimum Gasteiger partial charge on any atom is -0.479 e. The summed E-state index contributed by atoms with van der Waals surface area (Å²) in [5.41, 5.74) is 2.37. The van der Waals surface area contributed by atoms with Crippen molar-refractivity contribution in [3.05, 3.63) is 71.4 Å². The number of ether oxygens (including phenoxy) is 1. The SMILES string of the molecule is COc1nc(-c2cc(NC(=O)c3cccc(C(F)(F)F)c3)ccc2C)cc2cn[nH]c12. The molecule has 4 aromatic rings. The molecule has 0 bridgehead atoms. The lowest BCUT2D eigenvalue weighted by Crippen LogP contribution is -2.14. The molecule has 9 heteroatoms. The van der Waals surface area contributed by atoms with Crippen LogP contribution in [0.4, 0.5) is 18.9 Å². The van der Waals surface area contributed by atoms with Gasteiger partial charge in [-0.05, 0) is 48.9 Å². The Labute approximate surface area is 175 Å². The predicted molar refractivity (Wildman–Crippen MR) is 110 cm³/mol. The Balaban J connectivity index is 1.67. The van der Waals surface area contributed by atoms with E-state index in [0.717, 1.165) is 28.6 Å². The fourth-order valence-electron chi connectivity index (χ4n) is 3.22. The van der Waals surface area contributed by atoms with Crippen molar-refractivity contribution in [3.8, 4) is 17.1 Å². The first-order valence-corrected chi connectivity index (χ1v) is 9.24. The highest BCUT2D eigenvalue weighted by Crippen LogP contribution is 2.32. The number of aromatic nitrogens is 3. The maximum atomic E-state index is 12.9. The Morgan fingerprint density at radius 1 is 1.13 bits per heavy atom. The van der Waals surface area contributed by atoms with Gasteiger partial charge in [0.2, 0.25) is 5.88 Å².